The number of hydrogen-bond donors (Lipinski definition) is 1. The summed E-state index contributed by atoms with van der Waals surface area (Å²) < 4.78 is 2.37. The summed E-state index contributed by atoms with van der Waals surface area (Å²) in [4.78, 5) is 0. The molecule has 0 amide bonds. The van der Waals surface area contributed by atoms with E-state index < -0.39 is 0 Å². The number of aryl methyl sites for hydroxylation is 2. The molecule has 1 aromatic heterocycles. The molecule has 2 aromatic rings. The van der Waals surface area contributed by atoms with Gasteiger partial charge in [-0.1, -0.05) is 24.3 Å². The van der Waals surface area contributed by atoms with Crippen molar-refractivity contribution >= 4 is 10.9 Å². The first kappa shape index (κ1) is 13.9. The molecule has 0 fully saturated rings. The molecular weight excluding hydrogens is 232 g/mol. The third-order valence-corrected chi connectivity index (χ3v) is 3.57. The summed E-state index contributed by atoms with van der Waals surface area (Å²) in [5, 5.41) is 4.62. The normalized spacial score (nSPS) is 11.0. The van der Waals surface area contributed by atoms with Gasteiger partial charge in [0.1, 0.15) is 0 Å². The van der Waals surface area contributed by atoms with E-state index >= 15 is 0 Å². The topological polar surface area (TPSA) is 17.0 Å². The van der Waals surface area contributed by atoms with Gasteiger partial charge in [-0.25, -0.2) is 0 Å². The number of para-hydroxylation sites is 1. The third-order valence-electron chi connectivity index (χ3n) is 3.57. The summed E-state index contributed by atoms with van der Waals surface area (Å²) >= 11 is 0. The number of fused-ring (bicyclic) bond motifs is 1. The Kier molecular flexibility index (Phi) is 5.22. The van der Waals surface area contributed by atoms with Crippen LogP contribution in [0.5, 0.6) is 0 Å². The summed E-state index contributed by atoms with van der Waals surface area (Å²) in [7, 11) is 2.02. The van der Waals surface area contributed by atoms with Crippen LogP contribution in [0.1, 0.15) is 24.8 Å². The molecule has 0 radical (unpaired) electrons. The van der Waals surface area contributed by atoms with Crippen molar-refractivity contribution in [1.29, 1.82) is 0 Å². The van der Waals surface area contributed by atoms with Gasteiger partial charge in [-0.15, -0.1) is 6.58 Å². The molecule has 1 N–H and O–H groups in total. The number of nitrogens with one attached hydrogen (secondary N) is 1. The SMILES string of the molecule is C=CCCn1cc(CCCCNC)c2ccccc21. The van der Waals surface area contributed by atoms with E-state index in [9.17, 15) is 0 Å². The molecular formula is C17H24N2. The lowest BCUT2D eigenvalue weighted by Crippen LogP contribution is -2.07. The Morgan fingerprint density at radius 2 is 2.11 bits per heavy atom. The third kappa shape index (κ3) is 3.48. The second-order valence-corrected chi connectivity index (χ2v) is 5.00. The molecule has 19 heavy (non-hydrogen) atoms. The van der Waals surface area contributed by atoms with Crippen LogP contribution < -0.4 is 5.32 Å². The van der Waals surface area contributed by atoms with Gasteiger partial charge in [0.05, 0.1) is 0 Å². The van der Waals surface area contributed by atoms with Gasteiger partial charge in [0.15, 0.2) is 0 Å². The summed E-state index contributed by atoms with van der Waals surface area (Å²) in [6.07, 6.45) is 9.00. The number of benzene rings is 1. The van der Waals surface area contributed by atoms with Crippen LogP contribution in [0.4, 0.5) is 0 Å². The predicted octanol–water partition coefficient (Wildman–Crippen LogP) is 3.76. The molecule has 0 unspecified atom stereocenters. The number of aromatic nitrogens is 1. The minimum Gasteiger partial charge on any atom is -0.347 e. The van der Waals surface area contributed by atoms with Gasteiger partial charge in [0.25, 0.3) is 0 Å². The first-order valence-electron chi connectivity index (χ1n) is 7.19. The lowest BCUT2D eigenvalue weighted by atomic mass is 10.1. The minimum absolute atomic E-state index is 1.03. The summed E-state index contributed by atoms with van der Waals surface area (Å²) in [6.45, 7) is 5.95. The minimum atomic E-state index is 1.03. The molecule has 102 valence electrons. The van der Waals surface area contributed by atoms with E-state index in [0.717, 1.165) is 19.5 Å². The van der Waals surface area contributed by atoms with Crippen molar-refractivity contribution in [3.63, 3.8) is 0 Å². The Labute approximate surface area is 116 Å². The average Bonchev–Trinajstić information content (AvgIpc) is 2.80. The molecule has 2 heteroatoms. The van der Waals surface area contributed by atoms with Crippen LogP contribution in [0.3, 0.4) is 0 Å². The van der Waals surface area contributed by atoms with E-state index in [4.69, 9.17) is 0 Å². The Morgan fingerprint density at radius 1 is 1.26 bits per heavy atom. The van der Waals surface area contributed by atoms with E-state index in [1.165, 1.54) is 35.7 Å². The van der Waals surface area contributed by atoms with Crippen LogP contribution in [0, 0.1) is 0 Å². The van der Waals surface area contributed by atoms with Gasteiger partial charge in [-0.2, -0.15) is 0 Å². The molecule has 2 rings (SSSR count). The van der Waals surface area contributed by atoms with E-state index in [-0.39, 0.29) is 0 Å². The monoisotopic (exact) mass is 256 g/mol. The van der Waals surface area contributed by atoms with Crippen molar-refractivity contribution in [3.8, 4) is 0 Å². The van der Waals surface area contributed by atoms with Crippen molar-refractivity contribution in [2.75, 3.05) is 13.6 Å². The zero-order valence-electron chi connectivity index (χ0n) is 11.9. The standard InChI is InChI=1S/C17H24N2/c1-3-4-13-19-14-15(9-7-8-12-18-2)16-10-5-6-11-17(16)19/h3,5-6,10-11,14,18H,1,4,7-9,12-13H2,2H3. The summed E-state index contributed by atoms with van der Waals surface area (Å²) in [5.74, 6) is 0. The second kappa shape index (κ2) is 7.15. The predicted molar refractivity (Wildman–Crippen MR) is 83.6 cm³/mol. The van der Waals surface area contributed by atoms with E-state index in [1.807, 2.05) is 13.1 Å². The van der Waals surface area contributed by atoms with Gasteiger partial charge >= 0.3 is 0 Å². The van der Waals surface area contributed by atoms with Crippen LogP contribution in [-0.2, 0) is 13.0 Å². The number of rotatable bonds is 8. The van der Waals surface area contributed by atoms with Gasteiger partial charge in [0.2, 0.25) is 0 Å². The average molecular weight is 256 g/mol. The van der Waals surface area contributed by atoms with Crippen LogP contribution in [0.15, 0.2) is 43.1 Å². The molecule has 0 spiro atoms. The second-order valence-electron chi connectivity index (χ2n) is 5.00. The smallest absolute Gasteiger partial charge is 0.0483 e. The maximum atomic E-state index is 3.81. The van der Waals surface area contributed by atoms with Crippen LogP contribution in [0.2, 0.25) is 0 Å². The van der Waals surface area contributed by atoms with Crippen molar-refractivity contribution < 1.29 is 0 Å². The maximum absolute atomic E-state index is 3.81. The quantitative estimate of drug-likeness (QED) is 0.562. The number of unbranched alkanes of at least 4 members (excludes halogenated alkanes) is 1. The molecule has 0 aliphatic heterocycles. The maximum Gasteiger partial charge on any atom is 0.0483 e. The molecule has 1 aromatic carbocycles. The molecule has 1 heterocycles. The van der Waals surface area contributed by atoms with Crippen LogP contribution in [0.25, 0.3) is 10.9 Å². The highest BCUT2D eigenvalue weighted by molar-refractivity contribution is 5.83. The number of nitrogens with zero attached hydrogens (tertiary/aromatic N) is 1. The van der Waals surface area contributed by atoms with Crippen molar-refractivity contribution in [2.45, 2.75) is 32.2 Å². The van der Waals surface area contributed by atoms with Crippen molar-refractivity contribution in [2.24, 2.45) is 0 Å². The molecule has 0 saturated carbocycles. The molecule has 0 saturated heterocycles. The highest BCUT2D eigenvalue weighted by Crippen LogP contribution is 2.23. The Bertz CT molecular complexity index is 525. The fraction of sp³-hybridized carbons (Fsp3) is 0.412. The molecule has 0 atom stereocenters. The summed E-state index contributed by atoms with van der Waals surface area (Å²) in [6, 6.07) is 8.72. The van der Waals surface area contributed by atoms with Gasteiger partial charge in [0, 0.05) is 23.6 Å². The van der Waals surface area contributed by atoms with Gasteiger partial charge < -0.3 is 9.88 Å². The van der Waals surface area contributed by atoms with E-state index in [2.05, 4.69) is 46.9 Å². The molecule has 0 bridgehead atoms. The fourth-order valence-electron chi connectivity index (χ4n) is 2.55. The zero-order valence-corrected chi connectivity index (χ0v) is 11.9. The van der Waals surface area contributed by atoms with E-state index in [1.54, 1.807) is 0 Å². The summed E-state index contributed by atoms with van der Waals surface area (Å²) in [5.41, 5.74) is 2.84. The van der Waals surface area contributed by atoms with E-state index in [0.29, 0.717) is 0 Å². The largest absolute Gasteiger partial charge is 0.347 e. The van der Waals surface area contributed by atoms with Gasteiger partial charge in [-0.3, -0.25) is 0 Å². The first-order valence-corrected chi connectivity index (χ1v) is 7.19. The highest BCUT2D eigenvalue weighted by Gasteiger charge is 2.07. The first-order chi connectivity index (χ1) is 9.36. The highest BCUT2D eigenvalue weighted by atomic mass is 15.0. The molecule has 0 aliphatic carbocycles. The van der Waals surface area contributed by atoms with Crippen LogP contribution in [-0.4, -0.2) is 18.2 Å². The Hall–Kier alpha value is -1.54. The number of hydrogen-bond acceptors (Lipinski definition) is 1. The number of allylic oxidation sites excluding steroid dienone is 1. The lowest BCUT2D eigenvalue weighted by Gasteiger charge is -2.01. The molecule has 0 aliphatic rings. The van der Waals surface area contributed by atoms with Crippen LogP contribution >= 0.6 is 0 Å². The van der Waals surface area contributed by atoms with Gasteiger partial charge in [-0.05, 0) is 50.9 Å². The van der Waals surface area contributed by atoms with Crippen molar-refractivity contribution in [3.05, 3.63) is 48.7 Å². The zero-order chi connectivity index (χ0) is 13.5. The Balaban J connectivity index is 2.15. The lowest BCUT2D eigenvalue weighted by molar-refractivity contribution is 0.675. The Morgan fingerprint density at radius 3 is 2.89 bits per heavy atom. The molecule has 2 nitrogen and oxygen atoms in total. The fourth-order valence-corrected chi connectivity index (χ4v) is 2.55. The van der Waals surface area contributed by atoms with Crippen molar-refractivity contribution in [1.82, 2.24) is 9.88 Å².